The zero-order valence-electron chi connectivity index (χ0n) is 19.2. The van der Waals surface area contributed by atoms with Gasteiger partial charge in [-0.1, -0.05) is 45.0 Å². The topological polar surface area (TPSA) is 85.2 Å². The van der Waals surface area contributed by atoms with Crippen LogP contribution in [0.2, 0.25) is 0 Å². The van der Waals surface area contributed by atoms with Crippen molar-refractivity contribution in [2.24, 2.45) is 5.41 Å². The first-order valence-electron chi connectivity index (χ1n) is 11.1. The van der Waals surface area contributed by atoms with Gasteiger partial charge in [0.25, 0.3) is 0 Å². The predicted molar refractivity (Wildman–Crippen MR) is 122 cm³/mol. The van der Waals surface area contributed by atoms with Gasteiger partial charge in [0.2, 0.25) is 0 Å². The van der Waals surface area contributed by atoms with Crippen LogP contribution in [0.25, 0.3) is 0 Å². The zero-order valence-corrected chi connectivity index (χ0v) is 19.2. The van der Waals surface area contributed by atoms with Crippen molar-refractivity contribution < 1.29 is 29.2 Å². The Kier molecular flexibility index (Phi) is 7.80. The molecular weight excluding hydrogens is 408 g/mol. The number of benzene rings is 2. The molecule has 0 aromatic heterocycles. The Morgan fingerprint density at radius 3 is 2.34 bits per heavy atom. The summed E-state index contributed by atoms with van der Waals surface area (Å²) >= 11 is 0. The van der Waals surface area contributed by atoms with Crippen molar-refractivity contribution in [3.63, 3.8) is 0 Å². The van der Waals surface area contributed by atoms with Crippen LogP contribution in [0.3, 0.4) is 0 Å². The molecule has 0 amide bonds. The van der Waals surface area contributed by atoms with Crippen LogP contribution < -0.4 is 9.47 Å². The Bertz CT molecular complexity index is 878. The smallest absolute Gasteiger partial charge is 0.336 e. The van der Waals surface area contributed by atoms with E-state index in [1.807, 2.05) is 36.4 Å². The third-order valence-electron chi connectivity index (χ3n) is 5.42. The number of rotatable bonds is 10. The van der Waals surface area contributed by atoms with Crippen LogP contribution in [0.15, 0.2) is 48.5 Å². The molecule has 1 fully saturated rings. The maximum atomic E-state index is 11.7. The van der Waals surface area contributed by atoms with Crippen LogP contribution in [0, 0.1) is 5.41 Å². The highest BCUT2D eigenvalue weighted by Gasteiger charge is 2.42. The van der Waals surface area contributed by atoms with E-state index in [1.54, 1.807) is 12.1 Å². The second-order valence-electron chi connectivity index (χ2n) is 9.73. The number of ether oxygens (including phenoxy) is 3. The van der Waals surface area contributed by atoms with E-state index in [1.165, 1.54) is 5.56 Å². The van der Waals surface area contributed by atoms with Crippen molar-refractivity contribution in [2.75, 3.05) is 19.8 Å². The number of carboxylic acids is 1. The number of carbonyl (C=O) groups is 1. The van der Waals surface area contributed by atoms with Gasteiger partial charge >= 0.3 is 5.97 Å². The van der Waals surface area contributed by atoms with Gasteiger partial charge in [0, 0.05) is 13.0 Å². The average Bonchev–Trinajstić information content (AvgIpc) is 3.21. The second kappa shape index (κ2) is 10.4. The van der Waals surface area contributed by atoms with E-state index < -0.39 is 17.7 Å². The molecule has 3 rings (SSSR count). The Balaban J connectivity index is 1.47. The van der Waals surface area contributed by atoms with Gasteiger partial charge in [0.1, 0.15) is 30.8 Å². The molecule has 2 N–H and O–H groups in total. The van der Waals surface area contributed by atoms with Crippen molar-refractivity contribution in [3.8, 4) is 11.5 Å². The third-order valence-corrected chi connectivity index (χ3v) is 5.42. The van der Waals surface area contributed by atoms with Crippen LogP contribution in [-0.2, 0) is 22.4 Å². The number of aliphatic carboxylic acids is 1. The van der Waals surface area contributed by atoms with Crippen molar-refractivity contribution >= 4 is 5.97 Å². The van der Waals surface area contributed by atoms with Gasteiger partial charge in [-0.15, -0.1) is 0 Å². The largest absolute Gasteiger partial charge is 0.491 e. The molecule has 2 unspecified atom stereocenters. The average molecular weight is 443 g/mol. The normalized spacial score (nSPS) is 19.5. The summed E-state index contributed by atoms with van der Waals surface area (Å²) in [5, 5.41) is 19.8. The zero-order chi connectivity index (χ0) is 23.2. The van der Waals surface area contributed by atoms with Crippen LogP contribution in [-0.4, -0.2) is 47.7 Å². The van der Waals surface area contributed by atoms with Gasteiger partial charge in [-0.05, 0) is 60.1 Å². The van der Waals surface area contributed by atoms with Crippen molar-refractivity contribution in [3.05, 3.63) is 59.7 Å². The van der Waals surface area contributed by atoms with Crippen molar-refractivity contribution in [2.45, 2.75) is 58.2 Å². The van der Waals surface area contributed by atoms with Crippen LogP contribution in [0.1, 0.15) is 44.7 Å². The van der Waals surface area contributed by atoms with Gasteiger partial charge in [-0.2, -0.15) is 0 Å². The van der Waals surface area contributed by atoms with Crippen LogP contribution in [0.5, 0.6) is 11.5 Å². The predicted octanol–water partition coefficient (Wildman–Crippen LogP) is 4.27. The highest BCUT2D eigenvalue weighted by Crippen LogP contribution is 2.31. The number of aliphatic hydroxyl groups excluding tert-OH is 1. The molecule has 32 heavy (non-hydrogen) atoms. The Hall–Kier alpha value is -2.57. The van der Waals surface area contributed by atoms with E-state index in [9.17, 15) is 15.0 Å². The van der Waals surface area contributed by atoms with Crippen molar-refractivity contribution in [1.82, 2.24) is 0 Å². The van der Waals surface area contributed by atoms with E-state index >= 15 is 0 Å². The molecule has 6 nitrogen and oxygen atoms in total. The Morgan fingerprint density at radius 2 is 1.75 bits per heavy atom. The fraction of sp³-hybridized carbons (Fsp3) is 0.500. The quantitative estimate of drug-likeness (QED) is 0.572. The molecule has 0 bridgehead atoms. The van der Waals surface area contributed by atoms with Gasteiger partial charge in [0.15, 0.2) is 5.60 Å². The summed E-state index contributed by atoms with van der Waals surface area (Å²) in [5.74, 6) is 0.353. The van der Waals surface area contributed by atoms with E-state index in [0.29, 0.717) is 24.5 Å². The van der Waals surface area contributed by atoms with E-state index in [2.05, 4.69) is 20.8 Å². The molecule has 174 valence electrons. The second-order valence-corrected chi connectivity index (χ2v) is 9.73. The van der Waals surface area contributed by atoms with Gasteiger partial charge in [0.05, 0.1) is 0 Å². The summed E-state index contributed by atoms with van der Waals surface area (Å²) < 4.78 is 16.9. The molecule has 0 spiro atoms. The lowest BCUT2D eigenvalue weighted by atomic mass is 9.88. The number of hydrogen-bond acceptors (Lipinski definition) is 5. The lowest BCUT2D eigenvalue weighted by molar-refractivity contribution is -0.159. The maximum absolute atomic E-state index is 11.7. The first-order chi connectivity index (χ1) is 15.2. The first kappa shape index (κ1) is 24.1. The fourth-order valence-corrected chi connectivity index (χ4v) is 3.90. The number of hydrogen-bond donors (Lipinski definition) is 2. The molecule has 0 aliphatic carbocycles. The first-order valence-corrected chi connectivity index (χ1v) is 11.1. The van der Waals surface area contributed by atoms with E-state index in [4.69, 9.17) is 14.2 Å². The molecule has 1 aliphatic heterocycles. The minimum Gasteiger partial charge on any atom is -0.491 e. The maximum Gasteiger partial charge on any atom is 0.336 e. The monoisotopic (exact) mass is 442 g/mol. The van der Waals surface area contributed by atoms with E-state index in [0.717, 1.165) is 18.4 Å². The summed E-state index contributed by atoms with van der Waals surface area (Å²) in [4.78, 5) is 11.7. The SMILES string of the molecule is CC(C)(C)Cc1ccc(OCC(O)COc2cccc(CC3(C(=O)O)CCCO3)c2)cc1. The summed E-state index contributed by atoms with van der Waals surface area (Å²) in [6.45, 7) is 7.27. The van der Waals surface area contributed by atoms with Crippen LogP contribution in [0.4, 0.5) is 0 Å². The molecule has 6 heteroatoms. The molecule has 1 aliphatic rings. The highest BCUT2D eigenvalue weighted by atomic mass is 16.5. The Labute approximate surface area is 190 Å². The van der Waals surface area contributed by atoms with Gasteiger partial charge in [-0.25, -0.2) is 4.79 Å². The molecule has 2 aromatic carbocycles. The van der Waals surface area contributed by atoms with Gasteiger partial charge < -0.3 is 24.4 Å². The molecular formula is C26H34O6. The lowest BCUT2D eigenvalue weighted by Crippen LogP contribution is -2.40. The van der Waals surface area contributed by atoms with E-state index in [-0.39, 0.29) is 25.0 Å². The molecule has 1 saturated heterocycles. The van der Waals surface area contributed by atoms with Crippen molar-refractivity contribution in [1.29, 1.82) is 0 Å². The summed E-state index contributed by atoms with van der Waals surface area (Å²) in [7, 11) is 0. The minimum atomic E-state index is -1.16. The molecule has 2 aromatic rings. The standard InChI is InChI=1S/C26H34O6/c1-25(2,3)15-19-8-10-22(11-9-19)30-17-21(27)18-31-23-7-4-6-20(14-23)16-26(24(28)29)12-5-13-32-26/h4,6-11,14,21,27H,5,12-13,15-18H2,1-3H3,(H,28,29). The summed E-state index contributed by atoms with van der Waals surface area (Å²) in [6.07, 6.45) is 1.73. The highest BCUT2D eigenvalue weighted by molar-refractivity contribution is 5.78. The number of carboxylic acid groups (broad SMARTS) is 1. The minimum absolute atomic E-state index is 0.0755. The fourth-order valence-electron chi connectivity index (χ4n) is 3.90. The Morgan fingerprint density at radius 1 is 1.06 bits per heavy atom. The molecule has 0 saturated carbocycles. The third kappa shape index (κ3) is 6.97. The molecule has 2 atom stereocenters. The summed E-state index contributed by atoms with van der Waals surface area (Å²) in [6, 6.07) is 15.2. The summed E-state index contributed by atoms with van der Waals surface area (Å²) in [5.41, 5.74) is 1.15. The molecule has 0 radical (unpaired) electrons. The molecule has 1 heterocycles. The van der Waals surface area contributed by atoms with Crippen LogP contribution >= 0.6 is 0 Å². The lowest BCUT2D eigenvalue weighted by Gasteiger charge is -2.23. The van der Waals surface area contributed by atoms with Gasteiger partial charge in [-0.3, -0.25) is 0 Å². The number of aliphatic hydroxyl groups is 1.